The van der Waals surface area contributed by atoms with Gasteiger partial charge in [-0.05, 0) is 18.2 Å². The topological polar surface area (TPSA) is 126 Å². The number of hydrazone groups is 1. The van der Waals surface area contributed by atoms with E-state index < -0.39 is 31.0 Å². The van der Waals surface area contributed by atoms with Crippen molar-refractivity contribution >= 4 is 35.1 Å². The van der Waals surface area contributed by atoms with Crippen LogP contribution in [0.4, 0.5) is 5.69 Å². The summed E-state index contributed by atoms with van der Waals surface area (Å²) in [5.41, 5.74) is 2.95. The highest BCUT2D eigenvalue weighted by molar-refractivity contribution is 6.36. The Morgan fingerprint density at radius 3 is 2.38 bits per heavy atom. The molecule has 118 valence electrons. The van der Waals surface area contributed by atoms with Gasteiger partial charge in [0.25, 0.3) is 0 Å². The van der Waals surface area contributed by atoms with E-state index in [1.807, 2.05) is 0 Å². The quantitative estimate of drug-likeness (QED) is 0.303. The first kappa shape index (κ1) is 18.1. The van der Waals surface area contributed by atoms with Gasteiger partial charge >= 0.3 is 0 Å². The second-order valence-corrected chi connectivity index (χ2v) is 5.08. The lowest BCUT2D eigenvalue weighted by molar-refractivity contribution is -0.0999. The molecule has 0 spiro atoms. The number of benzene rings is 1. The van der Waals surface area contributed by atoms with E-state index >= 15 is 0 Å². The number of rotatable bonds is 7. The molecule has 0 amide bonds. The van der Waals surface area contributed by atoms with Crippen LogP contribution in [0.1, 0.15) is 0 Å². The molecule has 4 atom stereocenters. The van der Waals surface area contributed by atoms with E-state index in [9.17, 15) is 15.3 Å². The predicted octanol–water partition coefficient (Wildman–Crippen LogP) is -0.173. The first-order valence-corrected chi connectivity index (χ1v) is 6.69. The Balaban J connectivity index is 2.59. The molecule has 0 fully saturated rings. The molecule has 6 N–H and O–H groups in total. The zero-order chi connectivity index (χ0) is 16.0. The summed E-state index contributed by atoms with van der Waals surface area (Å²) in [5, 5.41) is 50.7. The molecule has 1 aromatic rings. The van der Waals surface area contributed by atoms with Gasteiger partial charge in [0.05, 0.1) is 23.5 Å². The Hall–Kier alpha value is -0.930. The monoisotopic (exact) mass is 338 g/mol. The number of hydrogen-bond acceptors (Lipinski definition) is 7. The van der Waals surface area contributed by atoms with Gasteiger partial charge in [-0.3, -0.25) is 5.43 Å². The van der Waals surface area contributed by atoms with E-state index in [-0.39, 0.29) is 0 Å². The molecule has 0 aliphatic carbocycles. The van der Waals surface area contributed by atoms with Crippen LogP contribution in [0.3, 0.4) is 0 Å². The van der Waals surface area contributed by atoms with Crippen molar-refractivity contribution < 1.29 is 25.5 Å². The molecule has 0 aliphatic heterocycles. The van der Waals surface area contributed by atoms with Gasteiger partial charge in [0.15, 0.2) is 0 Å². The van der Waals surface area contributed by atoms with E-state index in [0.717, 1.165) is 6.21 Å². The third kappa shape index (κ3) is 5.40. The highest BCUT2D eigenvalue weighted by Gasteiger charge is 2.29. The lowest BCUT2D eigenvalue weighted by atomic mass is 10.0. The SMILES string of the molecule is OC[C@@H](O)[C@@H](O)[C@H](O)[C@H](O)/C=N/Nc1ccc(Cl)cc1Cl. The molecule has 0 unspecified atom stereocenters. The Labute approximate surface area is 131 Å². The Morgan fingerprint density at radius 1 is 1.14 bits per heavy atom. The number of halogens is 2. The van der Waals surface area contributed by atoms with Crippen LogP contribution in [0, 0.1) is 0 Å². The number of anilines is 1. The zero-order valence-electron chi connectivity index (χ0n) is 10.8. The Morgan fingerprint density at radius 2 is 1.81 bits per heavy atom. The van der Waals surface area contributed by atoms with Crippen LogP contribution in [0.25, 0.3) is 0 Å². The summed E-state index contributed by atoms with van der Waals surface area (Å²) in [6.45, 7) is -0.749. The fourth-order valence-corrected chi connectivity index (χ4v) is 1.84. The third-order valence-electron chi connectivity index (χ3n) is 2.62. The molecular weight excluding hydrogens is 323 g/mol. The molecule has 1 rings (SSSR count). The van der Waals surface area contributed by atoms with E-state index in [4.69, 9.17) is 33.4 Å². The Bertz CT molecular complexity index is 489. The maximum atomic E-state index is 9.58. The van der Waals surface area contributed by atoms with E-state index in [1.165, 1.54) is 6.07 Å². The van der Waals surface area contributed by atoms with Crippen molar-refractivity contribution in [1.29, 1.82) is 0 Å². The molecule has 0 aromatic heterocycles. The van der Waals surface area contributed by atoms with Gasteiger partial charge in [-0.25, -0.2) is 0 Å². The maximum Gasteiger partial charge on any atom is 0.119 e. The average Bonchev–Trinajstić information content (AvgIpc) is 2.46. The smallest absolute Gasteiger partial charge is 0.119 e. The lowest BCUT2D eigenvalue weighted by Crippen LogP contribution is -2.46. The molecule has 0 heterocycles. The lowest BCUT2D eigenvalue weighted by Gasteiger charge is -2.23. The molecule has 1 aromatic carbocycles. The summed E-state index contributed by atoms with van der Waals surface area (Å²) >= 11 is 11.6. The molecular formula is C12H16Cl2N2O5. The number of aliphatic hydroxyl groups excluding tert-OH is 5. The molecule has 0 aliphatic rings. The second kappa shape index (κ2) is 8.50. The first-order valence-electron chi connectivity index (χ1n) is 5.94. The van der Waals surface area contributed by atoms with Crippen LogP contribution < -0.4 is 5.43 Å². The van der Waals surface area contributed by atoms with Crippen molar-refractivity contribution in [2.24, 2.45) is 5.10 Å². The molecule has 0 radical (unpaired) electrons. The van der Waals surface area contributed by atoms with Gasteiger partial charge in [-0.15, -0.1) is 0 Å². The van der Waals surface area contributed by atoms with Crippen LogP contribution >= 0.6 is 23.2 Å². The van der Waals surface area contributed by atoms with Crippen LogP contribution in [0.5, 0.6) is 0 Å². The summed E-state index contributed by atoms with van der Waals surface area (Å²) in [6.07, 6.45) is -5.63. The number of nitrogens with zero attached hydrogens (tertiary/aromatic N) is 1. The fourth-order valence-electron chi connectivity index (χ4n) is 1.39. The van der Waals surface area contributed by atoms with Gasteiger partial charge in [0, 0.05) is 5.02 Å². The van der Waals surface area contributed by atoms with Crippen LogP contribution in [-0.2, 0) is 0 Å². The summed E-state index contributed by atoms with van der Waals surface area (Å²) in [4.78, 5) is 0. The van der Waals surface area contributed by atoms with Gasteiger partial charge in [0.1, 0.15) is 24.4 Å². The molecule has 21 heavy (non-hydrogen) atoms. The van der Waals surface area contributed by atoms with Crippen LogP contribution in [-0.4, -0.2) is 62.8 Å². The number of nitrogens with one attached hydrogen (secondary N) is 1. The summed E-state index contributed by atoms with van der Waals surface area (Å²) in [5.74, 6) is 0. The summed E-state index contributed by atoms with van der Waals surface area (Å²) < 4.78 is 0. The highest BCUT2D eigenvalue weighted by Crippen LogP contribution is 2.25. The van der Waals surface area contributed by atoms with Crippen molar-refractivity contribution in [3.8, 4) is 0 Å². The Kier molecular flexibility index (Phi) is 7.33. The number of aliphatic hydroxyl groups is 5. The normalized spacial score (nSPS) is 17.5. The fraction of sp³-hybridized carbons (Fsp3) is 0.417. The molecule has 0 saturated carbocycles. The van der Waals surface area contributed by atoms with Crippen molar-refractivity contribution in [2.45, 2.75) is 24.4 Å². The van der Waals surface area contributed by atoms with E-state index in [2.05, 4.69) is 10.5 Å². The number of hydrogen-bond donors (Lipinski definition) is 6. The minimum absolute atomic E-state index is 0.311. The minimum atomic E-state index is -1.71. The first-order chi connectivity index (χ1) is 9.86. The summed E-state index contributed by atoms with van der Waals surface area (Å²) in [6, 6.07) is 4.64. The van der Waals surface area contributed by atoms with Crippen molar-refractivity contribution in [2.75, 3.05) is 12.0 Å². The molecule has 9 heteroatoms. The second-order valence-electron chi connectivity index (χ2n) is 4.24. The van der Waals surface area contributed by atoms with Gasteiger partial charge in [0.2, 0.25) is 0 Å². The van der Waals surface area contributed by atoms with Crippen molar-refractivity contribution in [1.82, 2.24) is 0 Å². The average molecular weight is 339 g/mol. The maximum absolute atomic E-state index is 9.58. The van der Waals surface area contributed by atoms with E-state index in [0.29, 0.717) is 15.7 Å². The molecule has 0 saturated heterocycles. The van der Waals surface area contributed by atoms with Crippen molar-refractivity contribution in [3.63, 3.8) is 0 Å². The minimum Gasteiger partial charge on any atom is -0.394 e. The molecule has 0 bridgehead atoms. The van der Waals surface area contributed by atoms with Crippen LogP contribution in [0.2, 0.25) is 10.0 Å². The third-order valence-corrected chi connectivity index (χ3v) is 3.17. The highest BCUT2D eigenvalue weighted by atomic mass is 35.5. The van der Waals surface area contributed by atoms with Gasteiger partial charge < -0.3 is 25.5 Å². The van der Waals surface area contributed by atoms with Gasteiger partial charge in [-0.2, -0.15) is 5.10 Å². The van der Waals surface area contributed by atoms with E-state index in [1.54, 1.807) is 12.1 Å². The van der Waals surface area contributed by atoms with Crippen LogP contribution in [0.15, 0.2) is 23.3 Å². The molecule has 7 nitrogen and oxygen atoms in total. The van der Waals surface area contributed by atoms with Gasteiger partial charge in [-0.1, -0.05) is 23.2 Å². The standard InChI is InChI=1S/C12H16Cl2N2O5/c13-6-1-2-8(7(14)3-6)16-15-4-9(18)11(20)12(21)10(19)5-17/h1-4,9-12,16-21H,5H2/b15-4+/t9-,10-,11-,12-/m1/s1. The zero-order valence-corrected chi connectivity index (χ0v) is 12.3. The predicted molar refractivity (Wildman–Crippen MR) is 79.7 cm³/mol. The summed E-state index contributed by atoms with van der Waals surface area (Å²) in [7, 11) is 0. The largest absolute Gasteiger partial charge is 0.394 e. The van der Waals surface area contributed by atoms with Crippen molar-refractivity contribution in [3.05, 3.63) is 28.2 Å².